The van der Waals surface area contributed by atoms with Gasteiger partial charge in [0.1, 0.15) is 18.1 Å². The molecule has 3 rings (SSSR count). The van der Waals surface area contributed by atoms with E-state index in [0.29, 0.717) is 50.3 Å². The Labute approximate surface area is 171 Å². The molecule has 1 saturated heterocycles. The number of morpholine rings is 1. The van der Waals surface area contributed by atoms with E-state index in [4.69, 9.17) is 14.0 Å². The lowest BCUT2D eigenvalue weighted by Crippen LogP contribution is -2.51. The number of nitrogens with zero attached hydrogens (tertiary/aromatic N) is 2. The van der Waals surface area contributed by atoms with Gasteiger partial charge in [-0.05, 0) is 24.3 Å². The number of benzene rings is 1. The molecule has 1 amide bonds. The molecule has 0 spiro atoms. The van der Waals surface area contributed by atoms with Gasteiger partial charge >= 0.3 is 0 Å². The Morgan fingerprint density at radius 2 is 2.24 bits per heavy atom. The first-order chi connectivity index (χ1) is 14.2. The molecule has 1 N–H and O–H groups in total. The molecule has 1 aromatic heterocycles. The van der Waals surface area contributed by atoms with Gasteiger partial charge in [-0.2, -0.15) is 0 Å². The molecule has 0 bridgehead atoms. The zero-order chi connectivity index (χ0) is 20.6. The molecule has 2 atom stereocenters. The number of aromatic hydroxyl groups is 1. The number of hydrogen-bond acceptors (Lipinski definition) is 7. The van der Waals surface area contributed by atoms with E-state index in [1.165, 1.54) is 6.07 Å². The van der Waals surface area contributed by atoms with Crippen molar-refractivity contribution in [2.24, 2.45) is 0 Å². The largest absolute Gasteiger partial charge is 0.507 e. The smallest absolute Gasteiger partial charge is 0.256 e. The van der Waals surface area contributed by atoms with Crippen LogP contribution in [0, 0.1) is 0 Å². The topological polar surface area (TPSA) is 98.2 Å². The van der Waals surface area contributed by atoms with Gasteiger partial charge in [0.25, 0.3) is 5.91 Å². The van der Waals surface area contributed by atoms with Gasteiger partial charge in [0.05, 0.1) is 42.7 Å². The van der Waals surface area contributed by atoms with Crippen LogP contribution >= 0.6 is 9.47 Å². The van der Waals surface area contributed by atoms with Crippen molar-refractivity contribution in [2.45, 2.75) is 12.5 Å². The number of aldehydes is 1. The number of amides is 1. The van der Waals surface area contributed by atoms with Gasteiger partial charge in [0.15, 0.2) is 6.29 Å². The summed E-state index contributed by atoms with van der Waals surface area (Å²) in [6.07, 6.45) is 2.71. The SMILES string of the molecule is O=Cc1c(O)cccc1OC[C@@H]1COCCN1C(=O)c1cccnc1CCOP. The summed E-state index contributed by atoms with van der Waals surface area (Å²) < 4.78 is 16.3. The molecule has 0 saturated carbocycles. The number of rotatable bonds is 8. The monoisotopic (exact) mass is 418 g/mol. The summed E-state index contributed by atoms with van der Waals surface area (Å²) >= 11 is 0. The summed E-state index contributed by atoms with van der Waals surface area (Å²) in [6.45, 7) is 1.72. The van der Waals surface area contributed by atoms with Crippen LogP contribution in [0.4, 0.5) is 0 Å². The van der Waals surface area contributed by atoms with Crippen molar-refractivity contribution >= 4 is 21.7 Å². The molecule has 29 heavy (non-hydrogen) atoms. The summed E-state index contributed by atoms with van der Waals surface area (Å²) in [5, 5.41) is 9.80. The van der Waals surface area contributed by atoms with Crippen LogP contribution in [0.2, 0.25) is 0 Å². The zero-order valence-electron chi connectivity index (χ0n) is 15.8. The molecule has 1 fully saturated rings. The summed E-state index contributed by atoms with van der Waals surface area (Å²) in [7, 11) is 2.19. The van der Waals surface area contributed by atoms with Crippen molar-refractivity contribution in [3.05, 3.63) is 53.3 Å². The summed E-state index contributed by atoms with van der Waals surface area (Å²) in [6, 6.07) is 7.74. The fourth-order valence-electron chi connectivity index (χ4n) is 3.17. The zero-order valence-corrected chi connectivity index (χ0v) is 17.0. The van der Waals surface area contributed by atoms with Crippen molar-refractivity contribution in [1.29, 1.82) is 0 Å². The lowest BCUT2D eigenvalue weighted by molar-refractivity contribution is -0.0152. The average Bonchev–Trinajstić information content (AvgIpc) is 2.76. The molecular weight excluding hydrogens is 395 g/mol. The maximum absolute atomic E-state index is 13.2. The molecule has 8 nitrogen and oxygen atoms in total. The standard InChI is InChI=1S/C20H23N2O6P/c23-11-16-18(24)4-1-5-19(16)27-13-14-12-26-10-8-22(14)20(25)15-3-2-7-21-17(15)6-9-28-29/h1-5,7,11,14,24H,6,8-10,12-13,29H2/t14-/m0/s1. The predicted octanol–water partition coefficient (Wildman–Crippen LogP) is 1.87. The van der Waals surface area contributed by atoms with Crippen molar-refractivity contribution in [3.8, 4) is 11.5 Å². The van der Waals surface area contributed by atoms with Crippen molar-refractivity contribution in [2.75, 3.05) is 33.0 Å². The first-order valence-corrected chi connectivity index (χ1v) is 9.67. The van der Waals surface area contributed by atoms with Crippen LogP contribution in [-0.2, 0) is 15.7 Å². The van der Waals surface area contributed by atoms with E-state index in [0.717, 1.165) is 0 Å². The molecule has 9 heteroatoms. The summed E-state index contributed by atoms with van der Waals surface area (Å²) in [5.41, 5.74) is 1.27. The highest BCUT2D eigenvalue weighted by atomic mass is 31.0. The van der Waals surface area contributed by atoms with E-state index < -0.39 is 0 Å². The van der Waals surface area contributed by atoms with Gasteiger partial charge < -0.3 is 24.0 Å². The van der Waals surface area contributed by atoms with E-state index in [2.05, 4.69) is 14.5 Å². The van der Waals surface area contributed by atoms with Crippen molar-refractivity contribution in [1.82, 2.24) is 9.88 Å². The molecule has 1 aliphatic rings. The molecule has 1 unspecified atom stereocenters. The summed E-state index contributed by atoms with van der Waals surface area (Å²) in [4.78, 5) is 30.5. The Kier molecular flexibility index (Phi) is 7.52. The normalized spacial score (nSPS) is 16.4. The van der Waals surface area contributed by atoms with Crippen LogP contribution in [0.3, 0.4) is 0 Å². The van der Waals surface area contributed by atoms with Crippen LogP contribution < -0.4 is 4.74 Å². The highest BCUT2D eigenvalue weighted by Crippen LogP contribution is 2.26. The van der Waals surface area contributed by atoms with Gasteiger partial charge in [-0.25, -0.2) is 0 Å². The minimum Gasteiger partial charge on any atom is -0.507 e. The number of carbonyl (C=O) groups is 2. The van der Waals surface area contributed by atoms with E-state index >= 15 is 0 Å². The maximum Gasteiger partial charge on any atom is 0.256 e. The second-order valence-corrected chi connectivity index (χ2v) is 6.80. The predicted molar refractivity (Wildman–Crippen MR) is 108 cm³/mol. The number of phenols is 1. The Morgan fingerprint density at radius 1 is 1.38 bits per heavy atom. The fraction of sp³-hybridized carbons (Fsp3) is 0.350. The van der Waals surface area contributed by atoms with Gasteiger partial charge in [-0.1, -0.05) is 6.07 Å². The first-order valence-electron chi connectivity index (χ1n) is 9.20. The van der Waals surface area contributed by atoms with E-state index in [-0.39, 0.29) is 35.6 Å². The number of ether oxygens (including phenoxy) is 2. The first kappa shape index (κ1) is 21.2. The molecule has 2 heterocycles. The summed E-state index contributed by atoms with van der Waals surface area (Å²) in [5.74, 6) is -0.0421. The highest BCUT2D eigenvalue weighted by molar-refractivity contribution is 7.09. The van der Waals surface area contributed by atoms with Crippen LogP contribution in [0.15, 0.2) is 36.5 Å². The van der Waals surface area contributed by atoms with E-state index in [1.54, 1.807) is 35.4 Å². The lowest BCUT2D eigenvalue weighted by atomic mass is 10.1. The number of hydrogen-bond donors (Lipinski definition) is 1. The fourth-order valence-corrected chi connectivity index (χ4v) is 3.28. The number of carbonyl (C=O) groups excluding carboxylic acids is 2. The third kappa shape index (κ3) is 5.09. The van der Waals surface area contributed by atoms with Gasteiger partial charge in [-0.3, -0.25) is 14.6 Å². The second-order valence-electron chi connectivity index (χ2n) is 6.46. The second kappa shape index (κ2) is 10.3. The molecule has 2 aromatic rings. The lowest BCUT2D eigenvalue weighted by Gasteiger charge is -2.35. The maximum atomic E-state index is 13.2. The van der Waals surface area contributed by atoms with E-state index in [1.807, 2.05) is 0 Å². The van der Waals surface area contributed by atoms with Crippen molar-refractivity contribution in [3.63, 3.8) is 0 Å². The Bertz CT molecular complexity index is 863. The quantitative estimate of drug-likeness (QED) is 0.516. The molecule has 154 valence electrons. The number of aromatic nitrogens is 1. The minimum atomic E-state index is -0.343. The van der Waals surface area contributed by atoms with Gasteiger partial charge in [-0.15, -0.1) is 0 Å². The highest BCUT2D eigenvalue weighted by Gasteiger charge is 2.30. The Balaban J connectivity index is 1.76. The van der Waals surface area contributed by atoms with Crippen LogP contribution in [0.25, 0.3) is 0 Å². The molecular formula is C20H23N2O6P. The number of phenolic OH excluding ortho intramolecular Hbond substituents is 1. The minimum absolute atomic E-state index is 0.0779. The Morgan fingerprint density at radius 3 is 3.03 bits per heavy atom. The van der Waals surface area contributed by atoms with Crippen LogP contribution in [-0.4, -0.2) is 66.2 Å². The average molecular weight is 418 g/mol. The molecule has 0 radical (unpaired) electrons. The molecule has 0 aliphatic carbocycles. The third-order valence-electron chi connectivity index (χ3n) is 4.66. The van der Waals surface area contributed by atoms with Gasteiger partial charge in [0.2, 0.25) is 0 Å². The molecule has 1 aromatic carbocycles. The van der Waals surface area contributed by atoms with Gasteiger partial charge in [0, 0.05) is 28.6 Å². The van der Waals surface area contributed by atoms with E-state index in [9.17, 15) is 14.7 Å². The Hall–Kier alpha value is -2.54. The third-order valence-corrected chi connectivity index (χ3v) is 4.89. The number of pyridine rings is 1. The van der Waals surface area contributed by atoms with Crippen LogP contribution in [0.1, 0.15) is 26.4 Å². The van der Waals surface area contributed by atoms with Crippen molar-refractivity contribution < 1.29 is 28.7 Å². The molecule has 1 aliphatic heterocycles. The van der Waals surface area contributed by atoms with Crippen LogP contribution in [0.5, 0.6) is 11.5 Å².